The van der Waals surface area contributed by atoms with Crippen LogP contribution in [0.2, 0.25) is 0 Å². The SMILES string of the molecule is CCCC1CCN(C(=O)N(CC(=O)O)C2CCCC2)CC1. The van der Waals surface area contributed by atoms with Crippen molar-refractivity contribution >= 4 is 12.0 Å². The van der Waals surface area contributed by atoms with Crippen molar-refractivity contribution in [3.63, 3.8) is 0 Å². The molecular formula is C16H28N2O3. The van der Waals surface area contributed by atoms with Gasteiger partial charge in [0.15, 0.2) is 0 Å². The zero-order chi connectivity index (χ0) is 15.2. The van der Waals surface area contributed by atoms with Crippen molar-refractivity contribution in [2.24, 2.45) is 5.92 Å². The van der Waals surface area contributed by atoms with E-state index in [0.717, 1.165) is 57.5 Å². The molecule has 2 amide bonds. The molecule has 1 aliphatic carbocycles. The molecule has 0 unspecified atom stereocenters. The first kappa shape index (κ1) is 16.1. The lowest BCUT2D eigenvalue weighted by atomic mass is 9.93. The first-order chi connectivity index (χ1) is 10.1. The Hall–Kier alpha value is -1.26. The number of carboxylic acids is 1. The Bertz CT molecular complexity index is 359. The Balaban J connectivity index is 1.93. The molecule has 0 atom stereocenters. The Morgan fingerprint density at radius 1 is 1.14 bits per heavy atom. The van der Waals surface area contributed by atoms with Crippen LogP contribution in [0.25, 0.3) is 0 Å². The van der Waals surface area contributed by atoms with Gasteiger partial charge in [0.1, 0.15) is 6.54 Å². The molecule has 0 aromatic rings. The molecule has 0 aromatic carbocycles. The van der Waals surface area contributed by atoms with Gasteiger partial charge in [-0.05, 0) is 31.6 Å². The molecule has 5 heteroatoms. The Labute approximate surface area is 127 Å². The lowest BCUT2D eigenvalue weighted by molar-refractivity contribution is -0.138. The maximum absolute atomic E-state index is 12.7. The number of amides is 2. The maximum Gasteiger partial charge on any atom is 0.323 e. The molecule has 2 rings (SSSR count). The highest BCUT2D eigenvalue weighted by Gasteiger charge is 2.32. The van der Waals surface area contributed by atoms with Crippen molar-refractivity contribution in [1.29, 1.82) is 0 Å². The fourth-order valence-electron chi connectivity index (χ4n) is 3.72. The Morgan fingerprint density at radius 3 is 2.29 bits per heavy atom. The molecule has 0 aromatic heterocycles. The Morgan fingerprint density at radius 2 is 1.76 bits per heavy atom. The van der Waals surface area contributed by atoms with Gasteiger partial charge < -0.3 is 14.9 Å². The van der Waals surface area contributed by atoms with E-state index in [4.69, 9.17) is 5.11 Å². The van der Waals surface area contributed by atoms with Gasteiger partial charge in [0, 0.05) is 19.1 Å². The minimum absolute atomic E-state index is 0.0563. The van der Waals surface area contributed by atoms with Gasteiger partial charge in [0.25, 0.3) is 0 Å². The lowest BCUT2D eigenvalue weighted by Crippen LogP contribution is -2.51. The van der Waals surface area contributed by atoms with E-state index in [9.17, 15) is 9.59 Å². The van der Waals surface area contributed by atoms with E-state index in [1.807, 2.05) is 4.90 Å². The average molecular weight is 296 g/mol. The largest absolute Gasteiger partial charge is 0.480 e. The highest BCUT2D eigenvalue weighted by Crippen LogP contribution is 2.27. The summed E-state index contributed by atoms with van der Waals surface area (Å²) < 4.78 is 0. The summed E-state index contributed by atoms with van der Waals surface area (Å²) >= 11 is 0. The summed E-state index contributed by atoms with van der Waals surface area (Å²) in [4.78, 5) is 27.2. The van der Waals surface area contributed by atoms with Crippen molar-refractivity contribution in [1.82, 2.24) is 9.80 Å². The monoisotopic (exact) mass is 296 g/mol. The summed E-state index contributed by atoms with van der Waals surface area (Å²) in [6.07, 6.45) is 8.67. The molecule has 0 spiro atoms. The highest BCUT2D eigenvalue weighted by molar-refractivity contribution is 5.80. The number of nitrogens with zero attached hydrogens (tertiary/aromatic N) is 2. The number of piperidine rings is 1. The summed E-state index contributed by atoms with van der Waals surface area (Å²) in [5.74, 6) is -0.172. The predicted octanol–water partition coefficient (Wildman–Crippen LogP) is 2.95. The van der Waals surface area contributed by atoms with Crippen LogP contribution < -0.4 is 0 Å². The van der Waals surface area contributed by atoms with Gasteiger partial charge >= 0.3 is 12.0 Å². The molecule has 1 saturated heterocycles. The molecule has 1 aliphatic heterocycles. The first-order valence-electron chi connectivity index (χ1n) is 8.39. The topological polar surface area (TPSA) is 60.9 Å². The summed E-state index contributed by atoms with van der Waals surface area (Å²) in [7, 11) is 0. The molecule has 1 saturated carbocycles. The number of carboxylic acid groups (broad SMARTS) is 1. The van der Waals surface area contributed by atoms with E-state index in [0.29, 0.717) is 0 Å². The van der Waals surface area contributed by atoms with Gasteiger partial charge in [-0.3, -0.25) is 4.79 Å². The third-order valence-electron chi connectivity index (χ3n) is 4.90. The molecule has 1 N–H and O–H groups in total. The van der Waals surface area contributed by atoms with Crippen LogP contribution in [0.1, 0.15) is 58.3 Å². The maximum atomic E-state index is 12.7. The van der Waals surface area contributed by atoms with Crippen LogP contribution in [0.5, 0.6) is 0 Å². The number of carbonyl (C=O) groups excluding carboxylic acids is 1. The average Bonchev–Trinajstić information content (AvgIpc) is 2.99. The van der Waals surface area contributed by atoms with Gasteiger partial charge in [0.05, 0.1) is 0 Å². The van der Waals surface area contributed by atoms with Gasteiger partial charge in [-0.2, -0.15) is 0 Å². The van der Waals surface area contributed by atoms with Crippen molar-refractivity contribution in [2.75, 3.05) is 19.6 Å². The number of urea groups is 1. The molecule has 5 nitrogen and oxygen atoms in total. The summed E-state index contributed by atoms with van der Waals surface area (Å²) in [6.45, 7) is 3.61. The van der Waals surface area contributed by atoms with E-state index >= 15 is 0 Å². The third kappa shape index (κ3) is 4.35. The number of hydrogen-bond donors (Lipinski definition) is 1. The number of rotatable bonds is 5. The molecule has 0 radical (unpaired) electrons. The summed E-state index contributed by atoms with van der Waals surface area (Å²) in [5.41, 5.74) is 0. The third-order valence-corrected chi connectivity index (χ3v) is 4.90. The van der Waals surface area contributed by atoms with E-state index in [1.54, 1.807) is 4.90 Å². The number of likely N-dealkylation sites (tertiary alicyclic amines) is 1. The van der Waals surface area contributed by atoms with Gasteiger partial charge in [0.2, 0.25) is 0 Å². The molecular weight excluding hydrogens is 268 g/mol. The predicted molar refractivity (Wildman–Crippen MR) is 81.2 cm³/mol. The molecule has 0 bridgehead atoms. The van der Waals surface area contributed by atoms with Gasteiger partial charge in [-0.1, -0.05) is 32.6 Å². The molecule has 2 aliphatic rings. The highest BCUT2D eigenvalue weighted by atomic mass is 16.4. The fraction of sp³-hybridized carbons (Fsp3) is 0.875. The van der Waals surface area contributed by atoms with Crippen molar-refractivity contribution < 1.29 is 14.7 Å². The zero-order valence-corrected chi connectivity index (χ0v) is 13.1. The van der Waals surface area contributed by atoms with E-state index in [2.05, 4.69) is 6.92 Å². The Kier molecular flexibility index (Phi) is 5.88. The van der Waals surface area contributed by atoms with Crippen LogP contribution in [0.15, 0.2) is 0 Å². The number of carbonyl (C=O) groups is 2. The van der Waals surface area contributed by atoms with Crippen molar-refractivity contribution in [3.05, 3.63) is 0 Å². The quantitative estimate of drug-likeness (QED) is 0.848. The van der Waals surface area contributed by atoms with Crippen LogP contribution in [0.3, 0.4) is 0 Å². The van der Waals surface area contributed by atoms with Gasteiger partial charge in [-0.25, -0.2) is 4.79 Å². The van der Waals surface area contributed by atoms with E-state index in [-0.39, 0.29) is 18.6 Å². The van der Waals surface area contributed by atoms with Crippen LogP contribution in [0, 0.1) is 5.92 Å². The zero-order valence-electron chi connectivity index (χ0n) is 13.1. The van der Waals surface area contributed by atoms with Gasteiger partial charge in [-0.15, -0.1) is 0 Å². The van der Waals surface area contributed by atoms with Crippen LogP contribution in [-0.4, -0.2) is 52.6 Å². The molecule has 21 heavy (non-hydrogen) atoms. The second kappa shape index (κ2) is 7.66. The van der Waals surface area contributed by atoms with Crippen LogP contribution >= 0.6 is 0 Å². The smallest absolute Gasteiger partial charge is 0.323 e. The van der Waals surface area contributed by atoms with Crippen LogP contribution in [-0.2, 0) is 4.79 Å². The second-order valence-electron chi connectivity index (χ2n) is 6.46. The lowest BCUT2D eigenvalue weighted by Gasteiger charge is -2.37. The van der Waals surface area contributed by atoms with Crippen molar-refractivity contribution in [2.45, 2.75) is 64.3 Å². The van der Waals surface area contributed by atoms with E-state index < -0.39 is 5.97 Å². The first-order valence-corrected chi connectivity index (χ1v) is 8.39. The van der Waals surface area contributed by atoms with Crippen molar-refractivity contribution in [3.8, 4) is 0 Å². The second-order valence-corrected chi connectivity index (χ2v) is 6.46. The normalized spacial score (nSPS) is 20.7. The van der Waals surface area contributed by atoms with E-state index in [1.165, 1.54) is 12.8 Å². The number of hydrogen-bond acceptors (Lipinski definition) is 2. The summed E-state index contributed by atoms with van der Waals surface area (Å²) in [6, 6.07) is 0.0706. The summed E-state index contributed by atoms with van der Waals surface area (Å²) in [5, 5.41) is 9.09. The number of aliphatic carboxylic acids is 1. The minimum atomic E-state index is -0.906. The molecule has 120 valence electrons. The minimum Gasteiger partial charge on any atom is -0.480 e. The molecule has 1 heterocycles. The fourth-order valence-corrected chi connectivity index (χ4v) is 3.72. The van der Waals surface area contributed by atoms with Crippen LogP contribution in [0.4, 0.5) is 4.79 Å². The standard InChI is InChI=1S/C16H28N2O3/c1-2-5-13-8-10-17(11-9-13)16(21)18(12-15(19)20)14-6-3-4-7-14/h13-14H,2-12H2,1H3,(H,19,20). The molecule has 2 fully saturated rings.